The number of benzene rings is 1. The lowest BCUT2D eigenvalue weighted by Crippen LogP contribution is -2.31. The Kier molecular flexibility index (Phi) is 4.92. The van der Waals surface area contributed by atoms with Crippen LogP contribution in [-0.2, 0) is 11.3 Å². The van der Waals surface area contributed by atoms with Gasteiger partial charge in [0.15, 0.2) is 0 Å². The number of tetrazole rings is 1. The van der Waals surface area contributed by atoms with Crippen molar-refractivity contribution in [2.24, 2.45) is 0 Å². The molecule has 0 saturated heterocycles. The molecule has 0 aliphatic rings. The molecule has 2 aromatic rings. The van der Waals surface area contributed by atoms with Gasteiger partial charge in [0.05, 0.1) is 0 Å². The summed E-state index contributed by atoms with van der Waals surface area (Å²) in [5, 5.41) is 14.5. The van der Waals surface area contributed by atoms with Crippen molar-refractivity contribution in [1.82, 2.24) is 25.5 Å². The number of hydrogen-bond donors (Lipinski definition) is 1. The third-order valence-electron chi connectivity index (χ3n) is 2.79. The number of carbonyl (C=O) groups excluding carboxylic acids is 1. The van der Waals surface area contributed by atoms with Crippen LogP contribution in [0.15, 0.2) is 24.5 Å². The van der Waals surface area contributed by atoms with Gasteiger partial charge in [-0.3, -0.25) is 4.79 Å². The average molecular weight is 314 g/mol. The summed E-state index contributed by atoms with van der Waals surface area (Å²) in [5.41, 5.74) is 0.832. The van der Waals surface area contributed by atoms with Gasteiger partial charge in [-0.1, -0.05) is 36.2 Å². The molecule has 0 fully saturated rings. The van der Waals surface area contributed by atoms with E-state index in [0.29, 0.717) is 16.6 Å². The van der Waals surface area contributed by atoms with E-state index in [0.717, 1.165) is 5.56 Å². The van der Waals surface area contributed by atoms with Crippen LogP contribution in [0, 0.1) is 0 Å². The maximum atomic E-state index is 11.7. The lowest BCUT2D eigenvalue weighted by molar-refractivity contribution is -0.121. The quantitative estimate of drug-likeness (QED) is 0.915. The van der Waals surface area contributed by atoms with Gasteiger partial charge in [-0.25, -0.2) is 4.68 Å². The molecule has 1 amide bonds. The molecular formula is C12H13Cl2N5O. The maximum absolute atomic E-state index is 11.7. The van der Waals surface area contributed by atoms with Crippen LogP contribution >= 0.6 is 23.2 Å². The van der Waals surface area contributed by atoms with Gasteiger partial charge >= 0.3 is 0 Å². The van der Waals surface area contributed by atoms with E-state index in [-0.39, 0.29) is 18.4 Å². The highest BCUT2D eigenvalue weighted by atomic mass is 35.5. The third kappa shape index (κ3) is 3.68. The molecule has 0 saturated carbocycles. The van der Waals surface area contributed by atoms with Crippen LogP contribution in [0.5, 0.6) is 0 Å². The highest BCUT2D eigenvalue weighted by molar-refractivity contribution is 6.36. The molecule has 6 nitrogen and oxygen atoms in total. The fourth-order valence-corrected chi connectivity index (χ4v) is 2.58. The zero-order valence-electron chi connectivity index (χ0n) is 10.8. The Morgan fingerprint density at radius 3 is 2.70 bits per heavy atom. The Morgan fingerprint density at radius 2 is 2.10 bits per heavy atom. The summed E-state index contributed by atoms with van der Waals surface area (Å²) in [4.78, 5) is 11.7. The van der Waals surface area contributed by atoms with Crippen LogP contribution in [-0.4, -0.2) is 32.7 Å². The van der Waals surface area contributed by atoms with Crippen molar-refractivity contribution in [1.29, 1.82) is 0 Å². The first-order valence-corrected chi connectivity index (χ1v) is 6.75. The SMILES string of the molecule is C[C@H](CNC(=O)Cn1cnnn1)c1c(Cl)cccc1Cl. The van der Waals surface area contributed by atoms with E-state index in [4.69, 9.17) is 23.2 Å². The van der Waals surface area contributed by atoms with Crippen LogP contribution in [0.25, 0.3) is 0 Å². The van der Waals surface area contributed by atoms with Gasteiger partial charge in [0.2, 0.25) is 5.91 Å². The summed E-state index contributed by atoms with van der Waals surface area (Å²) in [6, 6.07) is 5.35. The normalized spacial score (nSPS) is 12.2. The van der Waals surface area contributed by atoms with Gasteiger partial charge in [-0.2, -0.15) is 0 Å². The minimum absolute atomic E-state index is 0.00835. The molecule has 1 atom stereocenters. The number of carbonyl (C=O) groups is 1. The lowest BCUT2D eigenvalue weighted by atomic mass is 10.0. The standard InChI is InChI=1S/C12H13Cl2N5O/c1-8(12-9(13)3-2-4-10(12)14)5-15-11(20)6-19-7-16-17-18-19/h2-4,7-8H,5-6H2,1H3,(H,15,20)/t8-/m1/s1. The van der Waals surface area contributed by atoms with Crippen molar-refractivity contribution in [2.45, 2.75) is 19.4 Å². The van der Waals surface area contributed by atoms with Crippen molar-refractivity contribution in [3.8, 4) is 0 Å². The number of amides is 1. The predicted molar refractivity (Wildman–Crippen MR) is 75.7 cm³/mol. The Labute approximate surface area is 126 Å². The maximum Gasteiger partial charge on any atom is 0.241 e. The first kappa shape index (κ1) is 14.7. The first-order valence-electron chi connectivity index (χ1n) is 5.99. The number of halogens is 2. The summed E-state index contributed by atoms with van der Waals surface area (Å²) in [7, 11) is 0. The summed E-state index contributed by atoms with van der Waals surface area (Å²) in [6.45, 7) is 2.46. The van der Waals surface area contributed by atoms with E-state index in [1.54, 1.807) is 18.2 Å². The smallest absolute Gasteiger partial charge is 0.241 e. The zero-order chi connectivity index (χ0) is 14.5. The van der Waals surface area contributed by atoms with Gasteiger partial charge in [-0.15, -0.1) is 5.10 Å². The summed E-state index contributed by atoms with van der Waals surface area (Å²) in [6.07, 6.45) is 1.38. The van der Waals surface area contributed by atoms with Crippen molar-refractivity contribution >= 4 is 29.1 Å². The highest BCUT2D eigenvalue weighted by Crippen LogP contribution is 2.30. The monoisotopic (exact) mass is 313 g/mol. The topological polar surface area (TPSA) is 72.7 Å². The van der Waals surface area contributed by atoms with Crippen LogP contribution in [0.3, 0.4) is 0 Å². The molecule has 1 heterocycles. The van der Waals surface area contributed by atoms with Gasteiger partial charge in [0, 0.05) is 22.5 Å². The molecule has 1 N–H and O–H groups in total. The molecule has 1 aromatic heterocycles. The Hall–Kier alpha value is -1.66. The first-order chi connectivity index (χ1) is 9.58. The van der Waals surface area contributed by atoms with Crippen molar-refractivity contribution in [2.75, 3.05) is 6.54 Å². The molecular weight excluding hydrogens is 301 g/mol. The molecule has 8 heteroatoms. The van der Waals surface area contributed by atoms with E-state index >= 15 is 0 Å². The molecule has 20 heavy (non-hydrogen) atoms. The van der Waals surface area contributed by atoms with Crippen molar-refractivity contribution in [3.05, 3.63) is 40.1 Å². The van der Waals surface area contributed by atoms with Crippen LogP contribution in [0.4, 0.5) is 0 Å². The third-order valence-corrected chi connectivity index (χ3v) is 3.45. The summed E-state index contributed by atoms with van der Waals surface area (Å²) >= 11 is 12.3. The van der Waals surface area contributed by atoms with Crippen molar-refractivity contribution < 1.29 is 4.79 Å². The molecule has 0 radical (unpaired) electrons. The van der Waals surface area contributed by atoms with E-state index in [9.17, 15) is 4.79 Å². The number of aromatic nitrogens is 4. The van der Waals surface area contributed by atoms with Crippen LogP contribution in [0.2, 0.25) is 10.0 Å². The predicted octanol–water partition coefficient (Wildman–Crippen LogP) is 1.90. The highest BCUT2D eigenvalue weighted by Gasteiger charge is 2.14. The van der Waals surface area contributed by atoms with E-state index < -0.39 is 0 Å². The number of hydrogen-bond acceptors (Lipinski definition) is 4. The fourth-order valence-electron chi connectivity index (χ4n) is 1.81. The fraction of sp³-hybridized carbons (Fsp3) is 0.333. The molecule has 1 aromatic carbocycles. The lowest BCUT2D eigenvalue weighted by Gasteiger charge is -2.16. The van der Waals surface area contributed by atoms with Gasteiger partial charge in [-0.05, 0) is 28.1 Å². The molecule has 0 unspecified atom stereocenters. The summed E-state index contributed by atoms with van der Waals surface area (Å²) < 4.78 is 1.35. The largest absolute Gasteiger partial charge is 0.354 e. The Morgan fingerprint density at radius 1 is 1.40 bits per heavy atom. The van der Waals surface area contributed by atoms with E-state index in [1.165, 1.54) is 11.0 Å². The second kappa shape index (κ2) is 6.67. The average Bonchev–Trinajstić information content (AvgIpc) is 2.89. The zero-order valence-corrected chi connectivity index (χ0v) is 12.3. The van der Waals surface area contributed by atoms with E-state index in [1.807, 2.05) is 6.92 Å². The van der Waals surface area contributed by atoms with Crippen molar-refractivity contribution in [3.63, 3.8) is 0 Å². The van der Waals surface area contributed by atoms with Crippen LogP contribution in [0.1, 0.15) is 18.4 Å². The number of nitrogens with one attached hydrogen (secondary N) is 1. The van der Waals surface area contributed by atoms with Gasteiger partial charge in [0.1, 0.15) is 12.9 Å². The molecule has 0 aliphatic heterocycles. The Balaban J connectivity index is 1.92. The minimum Gasteiger partial charge on any atom is -0.354 e. The molecule has 106 valence electrons. The number of nitrogens with zero attached hydrogens (tertiary/aromatic N) is 4. The van der Waals surface area contributed by atoms with Crippen LogP contribution < -0.4 is 5.32 Å². The van der Waals surface area contributed by atoms with E-state index in [2.05, 4.69) is 20.8 Å². The number of rotatable bonds is 5. The molecule has 0 bridgehead atoms. The second-order valence-corrected chi connectivity index (χ2v) is 5.16. The van der Waals surface area contributed by atoms with Gasteiger partial charge < -0.3 is 5.32 Å². The molecule has 0 aliphatic carbocycles. The molecule has 2 rings (SSSR count). The summed E-state index contributed by atoms with van der Waals surface area (Å²) in [5.74, 6) is -0.165. The second-order valence-electron chi connectivity index (χ2n) is 4.35. The molecule has 0 spiro atoms. The Bertz CT molecular complexity index is 567. The minimum atomic E-state index is -0.174. The van der Waals surface area contributed by atoms with Gasteiger partial charge in [0.25, 0.3) is 0 Å².